The summed E-state index contributed by atoms with van der Waals surface area (Å²) in [4.78, 5) is 0. The van der Waals surface area contributed by atoms with E-state index in [0.717, 1.165) is 24.9 Å². The number of para-hydroxylation sites is 1. The van der Waals surface area contributed by atoms with Crippen LogP contribution < -0.4 is 10.0 Å². The summed E-state index contributed by atoms with van der Waals surface area (Å²) in [5, 5.41) is 3.19. The summed E-state index contributed by atoms with van der Waals surface area (Å²) in [7, 11) is -1.74. The first-order chi connectivity index (χ1) is 9.11. The van der Waals surface area contributed by atoms with Crippen molar-refractivity contribution in [3.63, 3.8) is 0 Å². The van der Waals surface area contributed by atoms with Crippen molar-refractivity contribution < 1.29 is 13.2 Å². The highest BCUT2D eigenvalue weighted by molar-refractivity contribution is 7.92. The van der Waals surface area contributed by atoms with Gasteiger partial charge < -0.3 is 10.1 Å². The van der Waals surface area contributed by atoms with Crippen molar-refractivity contribution in [3.8, 4) is 0 Å². The summed E-state index contributed by atoms with van der Waals surface area (Å²) in [5.41, 5.74) is 1.44. The Balaban J connectivity index is 2.06. The number of ether oxygens (including phenoxy) is 1. The van der Waals surface area contributed by atoms with E-state index in [0.29, 0.717) is 12.3 Å². The Morgan fingerprint density at radius 3 is 2.89 bits per heavy atom. The van der Waals surface area contributed by atoms with Crippen LogP contribution in [0.1, 0.15) is 18.4 Å². The lowest BCUT2D eigenvalue weighted by atomic mass is 10.2. The molecule has 0 saturated carbocycles. The summed E-state index contributed by atoms with van der Waals surface area (Å²) < 4.78 is 32.0. The number of methoxy groups -OCH3 is 1. The van der Waals surface area contributed by atoms with Gasteiger partial charge in [0.2, 0.25) is 10.0 Å². The average molecular weight is 284 g/mol. The van der Waals surface area contributed by atoms with E-state index in [2.05, 4.69) is 10.0 Å². The van der Waals surface area contributed by atoms with Crippen LogP contribution in [-0.4, -0.2) is 33.9 Å². The molecule has 1 fully saturated rings. The lowest BCUT2D eigenvalue weighted by Crippen LogP contribution is -2.33. The van der Waals surface area contributed by atoms with Crippen molar-refractivity contribution in [3.05, 3.63) is 29.8 Å². The quantitative estimate of drug-likeness (QED) is 0.827. The fraction of sp³-hybridized carbons (Fsp3) is 0.538. The Hall–Kier alpha value is -1.11. The van der Waals surface area contributed by atoms with Crippen molar-refractivity contribution in [2.24, 2.45) is 0 Å². The molecule has 0 amide bonds. The van der Waals surface area contributed by atoms with Gasteiger partial charge in [-0.1, -0.05) is 18.2 Å². The predicted molar refractivity (Wildman–Crippen MR) is 75.6 cm³/mol. The fourth-order valence-electron chi connectivity index (χ4n) is 2.27. The molecule has 1 saturated heterocycles. The minimum absolute atomic E-state index is 0.0621. The molecule has 5 nitrogen and oxygen atoms in total. The molecule has 1 atom stereocenters. The van der Waals surface area contributed by atoms with Gasteiger partial charge in [-0.3, -0.25) is 4.72 Å². The molecule has 106 valence electrons. The Bertz CT molecular complexity index is 510. The zero-order valence-corrected chi connectivity index (χ0v) is 11.9. The molecule has 1 aromatic carbocycles. The van der Waals surface area contributed by atoms with E-state index >= 15 is 0 Å². The number of hydrogen-bond donors (Lipinski definition) is 2. The topological polar surface area (TPSA) is 67.4 Å². The third-order valence-electron chi connectivity index (χ3n) is 3.17. The third kappa shape index (κ3) is 4.19. The molecule has 6 heteroatoms. The molecule has 0 aromatic heterocycles. The van der Waals surface area contributed by atoms with Crippen LogP contribution in [0.5, 0.6) is 0 Å². The summed E-state index contributed by atoms with van der Waals surface area (Å²) in [6, 6.07) is 7.35. The van der Waals surface area contributed by atoms with E-state index < -0.39 is 10.0 Å². The lowest BCUT2D eigenvalue weighted by molar-refractivity contribution is 0.185. The maximum atomic E-state index is 12.1. The molecule has 1 heterocycles. The average Bonchev–Trinajstić information content (AvgIpc) is 2.83. The Morgan fingerprint density at radius 2 is 2.21 bits per heavy atom. The maximum absolute atomic E-state index is 12.1. The van der Waals surface area contributed by atoms with Crippen LogP contribution in [0.2, 0.25) is 0 Å². The molecule has 2 rings (SSSR count). The highest BCUT2D eigenvalue weighted by atomic mass is 32.2. The molecule has 0 radical (unpaired) electrons. The van der Waals surface area contributed by atoms with E-state index in [4.69, 9.17) is 4.74 Å². The zero-order chi connectivity index (χ0) is 13.7. The minimum atomic E-state index is -3.33. The van der Waals surface area contributed by atoms with E-state index in [1.807, 2.05) is 18.2 Å². The van der Waals surface area contributed by atoms with Crippen molar-refractivity contribution >= 4 is 15.7 Å². The number of rotatable bonds is 6. The van der Waals surface area contributed by atoms with Gasteiger partial charge >= 0.3 is 0 Å². The molecule has 1 aliphatic heterocycles. The SMILES string of the molecule is COCc1ccccc1NS(=O)(=O)CC1CCCN1. The Morgan fingerprint density at radius 1 is 1.42 bits per heavy atom. The number of benzene rings is 1. The van der Waals surface area contributed by atoms with Crippen LogP contribution in [0.3, 0.4) is 0 Å². The van der Waals surface area contributed by atoms with Crippen LogP contribution in [0, 0.1) is 0 Å². The second-order valence-corrected chi connectivity index (χ2v) is 6.53. The highest BCUT2D eigenvalue weighted by Gasteiger charge is 2.22. The molecule has 0 bridgehead atoms. The first-order valence-electron chi connectivity index (χ1n) is 6.41. The minimum Gasteiger partial charge on any atom is -0.380 e. The number of nitrogens with one attached hydrogen (secondary N) is 2. The predicted octanol–water partition coefficient (Wildman–Crippen LogP) is 1.33. The number of anilines is 1. The van der Waals surface area contributed by atoms with E-state index in [1.165, 1.54) is 0 Å². The molecule has 1 unspecified atom stereocenters. The number of sulfonamides is 1. The summed E-state index contributed by atoms with van der Waals surface area (Å²) >= 11 is 0. The molecular formula is C13H20N2O3S. The van der Waals surface area contributed by atoms with Gasteiger partial charge in [-0.25, -0.2) is 8.42 Å². The molecule has 19 heavy (non-hydrogen) atoms. The second kappa shape index (κ2) is 6.36. The molecule has 1 aliphatic rings. The second-order valence-electron chi connectivity index (χ2n) is 4.77. The lowest BCUT2D eigenvalue weighted by Gasteiger charge is -2.15. The Labute approximate surface area is 114 Å². The molecular weight excluding hydrogens is 264 g/mol. The van der Waals surface area contributed by atoms with E-state index in [1.54, 1.807) is 13.2 Å². The van der Waals surface area contributed by atoms with Crippen molar-refractivity contribution in [2.75, 3.05) is 24.1 Å². The summed E-state index contributed by atoms with van der Waals surface area (Å²) in [6.45, 7) is 1.29. The van der Waals surface area contributed by atoms with Crippen molar-refractivity contribution in [1.82, 2.24) is 5.32 Å². The molecule has 1 aromatic rings. The smallest absolute Gasteiger partial charge is 0.234 e. The van der Waals surface area contributed by atoms with Crippen LogP contribution >= 0.6 is 0 Å². The van der Waals surface area contributed by atoms with E-state index in [9.17, 15) is 8.42 Å². The third-order valence-corrected chi connectivity index (χ3v) is 4.54. The van der Waals surface area contributed by atoms with Gasteiger partial charge in [0.15, 0.2) is 0 Å². The number of hydrogen-bond acceptors (Lipinski definition) is 4. The van der Waals surface area contributed by atoms with Gasteiger partial charge in [0, 0.05) is 18.7 Å². The summed E-state index contributed by atoms with van der Waals surface area (Å²) in [6.07, 6.45) is 1.96. The Kier molecular flexibility index (Phi) is 4.79. The van der Waals surface area contributed by atoms with Crippen LogP contribution in [0.4, 0.5) is 5.69 Å². The molecule has 0 spiro atoms. The van der Waals surface area contributed by atoms with Crippen LogP contribution in [0.25, 0.3) is 0 Å². The van der Waals surface area contributed by atoms with Crippen LogP contribution in [0.15, 0.2) is 24.3 Å². The van der Waals surface area contributed by atoms with Crippen molar-refractivity contribution in [2.45, 2.75) is 25.5 Å². The van der Waals surface area contributed by atoms with Gasteiger partial charge in [0.25, 0.3) is 0 Å². The van der Waals surface area contributed by atoms with Gasteiger partial charge in [-0.05, 0) is 25.5 Å². The monoisotopic (exact) mass is 284 g/mol. The fourth-order valence-corrected chi connectivity index (χ4v) is 3.71. The standard InChI is InChI=1S/C13H20N2O3S/c1-18-9-11-5-2-3-7-13(11)15-19(16,17)10-12-6-4-8-14-12/h2-3,5,7,12,14-15H,4,6,8-10H2,1H3. The first-order valence-corrected chi connectivity index (χ1v) is 8.06. The largest absolute Gasteiger partial charge is 0.380 e. The van der Waals surface area contributed by atoms with Crippen LogP contribution in [-0.2, 0) is 21.4 Å². The van der Waals surface area contributed by atoms with Gasteiger partial charge in [-0.15, -0.1) is 0 Å². The molecule has 2 N–H and O–H groups in total. The first kappa shape index (κ1) is 14.3. The van der Waals surface area contributed by atoms with E-state index in [-0.39, 0.29) is 11.8 Å². The van der Waals surface area contributed by atoms with Gasteiger partial charge in [0.1, 0.15) is 0 Å². The molecule has 0 aliphatic carbocycles. The highest BCUT2D eigenvalue weighted by Crippen LogP contribution is 2.18. The summed E-state index contributed by atoms with van der Waals surface area (Å²) in [5.74, 6) is 0.119. The maximum Gasteiger partial charge on any atom is 0.234 e. The zero-order valence-electron chi connectivity index (χ0n) is 11.1. The van der Waals surface area contributed by atoms with Gasteiger partial charge in [0.05, 0.1) is 18.0 Å². The normalized spacial score (nSPS) is 19.5. The van der Waals surface area contributed by atoms with Gasteiger partial charge in [-0.2, -0.15) is 0 Å². The van der Waals surface area contributed by atoms with Crippen molar-refractivity contribution in [1.29, 1.82) is 0 Å².